The van der Waals surface area contributed by atoms with Crippen molar-refractivity contribution in [2.75, 3.05) is 17.7 Å². The summed E-state index contributed by atoms with van der Waals surface area (Å²) >= 11 is 1.90. The Hall–Kier alpha value is -1.27. The number of pyridine rings is 1. The molecule has 18 heavy (non-hydrogen) atoms. The van der Waals surface area contributed by atoms with E-state index in [-0.39, 0.29) is 11.9 Å². The van der Waals surface area contributed by atoms with Crippen molar-refractivity contribution in [2.45, 2.75) is 25.1 Å². The number of thioether (sulfide) groups is 1. The van der Waals surface area contributed by atoms with Crippen molar-refractivity contribution in [2.24, 2.45) is 5.84 Å². The second-order valence-electron chi connectivity index (χ2n) is 4.38. The fourth-order valence-corrected chi connectivity index (χ4v) is 3.16. The lowest BCUT2D eigenvalue weighted by atomic mass is 10.1. The van der Waals surface area contributed by atoms with Crippen LogP contribution >= 0.6 is 11.8 Å². The SMILES string of the molecule is CC1SCCN(C(=O)c2cnccc2NN)C1C. The van der Waals surface area contributed by atoms with Gasteiger partial charge in [0.2, 0.25) is 0 Å². The number of carbonyl (C=O) groups excluding carboxylic acids is 1. The molecule has 3 N–H and O–H groups in total. The van der Waals surface area contributed by atoms with Crippen LogP contribution in [-0.2, 0) is 0 Å². The molecule has 1 aromatic rings. The monoisotopic (exact) mass is 266 g/mol. The lowest BCUT2D eigenvalue weighted by Crippen LogP contribution is -2.48. The third-order valence-corrected chi connectivity index (χ3v) is 4.69. The van der Waals surface area contributed by atoms with Crippen molar-refractivity contribution < 1.29 is 4.79 Å². The fraction of sp³-hybridized carbons (Fsp3) is 0.500. The first-order chi connectivity index (χ1) is 8.65. The first kappa shape index (κ1) is 13.2. The van der Waals surface area contributed by atoms with Crippen LogP contribution in [0.2, 0.25) is 0 Å². The summed E-state index contributed by atoms with van der Waals surface area (Å²) in [5.41, 5.74) is 3.70. The van der Waals surface area contributed by atoms with Gasteiger partial charge in [-0.3, -0.25) is 15.6 Å². The minimum Gasteiger partial charge on any atom is -0.334 e. The Kier molecular flexibility index (Phi) is 4.08. The molecule has 1 fully saturated rings. The maximum atomic E-state index is 12.5. The van der Waals surface area contributed by atoms with Gasteiger partial charge in [0.05, 0.1) is 11.3 Å². The molecule has 0 radical (unpaired) electrons. The molecule has 5 nitrogen and oxygen atoms in total. The molecule has 0 bridgehead atoms. The summed E-state index contributed by atoms with van der Waals surface area (Å²) in [5, 5.41) is 0.452. The number of carbonyl (C=O) groups is 1. The van der Waals surface area contributed by atoms with Crippen LogP contribution in [0, 0.1) is 0 Å². The summed E-state index contributed by atoms with van der Waals surface area (Å²) < 4.78 is 0. The van der Waals surface area contributed by atoms with E-state index in [0.29, 0.717) is 16.5 Å². The summed E-state index contributed by atoms with van der Waals surface area (Å²) in [5.74, 6) is 6.40. The van der Waals surface area contributed by atoms with Crippen molar-refractivity contribution in [3.05, 3.63) is 24.0 Å². The van der Waals surface area contributed by atoms with Crippen LogP contribution < -0.4 is 11.3 Å². The quantitative estimate of drug-likeness (QED) is 0.624. The summed E-state index contributed by atoms with van der Waals surface area (Å²) in [6.07, 6.45) is 3.18. The highest BCUT2D eigenvalue weighted by Gasteiger charge is 2.30. The molecule has 1 aromatic heterocycles. The van der Waals surface area contributed by atoms with E-state index in [2.05, 4.69) is 24.3 Å². The van der Waals surface area contributed by atoms with Gasteiger partial charge in [-0.1, -0.05) is 6.92 Å². The van der Waals surface area contributed by atoms with Crippen molar-refractivity contribution in [1.82, 2.24) is 9.88 Å². The van der Waals surface area contributed by atoms with Crippen LogP contribution in [0.3, 0.4) is 0 Å². The Morgan fingerprint density at radius 1 is 1.61 bits per heavy atom. The summed E-state index contributed by atoms with van der Waals surface area (Å²) in [6, 6.07) is 1.93. The van der Waals surface area contributed by atoms with Crippen LogP contribution in [0.25, 0.3) is 0 Å². The standard InChI is InChI=1S/C12H18N4OS/c1-8-9(2)18-6-5-16(8)12(17)10-7-14-4-3-11(10)15-13/h3-4,7-9H,5-6,13H2,1-2H3,(H,14,15). The minimum atomic E-state index is -0.00398. The molecule has 1 amide bonds. The smallest absolute Gasteiger partial charge is 0.257 e. The number of hydrogen-bond acceptors (Lipinski definition) is 5. The maximum absolute atomic E-state index is 12.5. The average molecular weight is 266 g/mol. The van der Waals surface area contributed by atoms with E-state index >= 15 is 0 Å². The van der Waals surface area contributed by atoms with Crippen molar-refractivity contribution in [3.63, 3.8) is 0 Å². The fourth-order valence-electron chi connectivity index (χ4n) is 2.07. The van der Waals surface area contributed by atoms with Gasteiger partial charge in [0.15, 0.2) is 0 Å². The molecule has 0 saturated carbocycles. The third kappa shape index (κ3) is 2.44. The zero-order chi connectivity index (χ0) is 13.1. The van der Waals surface area contributed by atoms with Crippen LogP contribution in [-0.4, -0.2) is 39.4 Å². The summed E-state index contributed by atoms with van der Waals surface area (Å²) in [6.45, 7) is 5.01. The molecule has 2 heterocycles. The topological polar surface area (TPSA) is 71.2 Å². The Morgan fingerprint density at radius 3 is 3.11 bits per heavy atom. The first-order valence-electron chi connectivity index (χ1n) is 5.98. The van der Waals surface area contributed by atoms with E-state index < -0.39 is 0 Å². The van der Waals surface area contributed by atoms with E-state index in [1.807, 2.05) is 16.7 Å². The second kappa shape index (κ2) is 5.58. The number of nitrogens with two attached hydrogens (primary N) is 1. The highest BCUT2D eigenvalue weighted by molar-refractivity contribution is 8.00. The molecule has 2 unspecified atom stereocenters. The van der Waals surface area contributed by atoms with Gasteiger partial charge < -0.3 is 10.3 Å². The Balaban J connectivity index is 2.25. The molecule has 1 aliphatic heterocycles. The van der Waals surface area contributed by atoms with Crippen LogP contribution in [0.4, 0.5) is 5.69 Å². The first-order valence-corrected chi connectivity index (χ1v) is 7.03. The van der Waals surface area contributed by atoms with Gasteiger partial charge in [-0.05, 0) is 13.0 Å². The molecule has 6 heteroatoms. The lowest BCUT2D eigenvalue weighted by Gasteiger charge is -2.37. The molecular weight excluding hydrogens is 248 g/mol. The summed E-state index contributed by atoms with van der Waals surface area (Å²) in [4.78, 5) is 18.4. The van der Waals surface area contributed by atoms with Crippen LogP contribution in [0.5, 0.6) is 0 Å². The number of anilines is 1. The third-order valence-electron chi connectivity index (χ3n) is 3.35. The van der Waals surface area contributed by atoms with Gasteiger partial charge in [-0.2, -0.15) is 11.8 Å². The highest BCUT2D eigenvalue weighted by Crippen LogP contribution is 2.26. The number of rotatable bonds is 2. The largest absolute Gasteiger partial charge is 0.334 e. The van der Waals surface area contributed by atoms with Crippen LogP contribution in [0.15, 0.2) is 18.5 Å². The zero-order valence-corrected chi connectivity index (χ0v) is 11.4. The molecular formula is C12H18N4OS. The normalized spacial score (nSPS) is 23.8. The molecule has 0 spiro atoms. The van der Waals surface area contributed by atoms with E-state index in [1.54, 1.807) is 18.5 Å². The molecule has 1 saturated heterocycles. The van der Waals surface area contributed by atoms with E-state index in [0.717, 1.165) is 12.3 Å². The minimum absolute atomic E-state index is 0.00398. The zero-order valence-electron chi connectivity index (χ0n) is 10.6. The Labute approximate surface area is 111 Å². The second-order valence-corrected chi connectivity index (χ2v) is 5.87. The molecule has 0 aromatic carbocycles. The van der Waals surface area contributed by atoms with Gasteiger partial charge >= 0.3 is 0 Å². The van der Waals surface area contributed by atoms with Crippen LogP contribution in [0.1, 0.15) is 24.2 Å². The van der Waals surface area contributed by atoms with Gasteiger partial charge in [0.25, 0.3) is 5.91 Å². The molecule has 0 aliphatic carbocycles. The van der Waals surface area contributed by atoms with E-state index in [1.165, 1.54) is 0 Å². The number of nitrogens with zero attached hydrogens (tertiary/aromatic N) is 2. The molecule has 2 atom stereocenters. The molecule has 2 rings (SSSR count). The van der Waals surface area contributed by atoms with Crippen molar-refractivity contribution in [1.29, 1.82) is 0 Å². The van der Waals surface area contributed by atoms with Gasteiger partial charge in [0.1, 0.15) is 0 Å². The predicted molar refractivity (Wildman–Crippen MR) is 74.5 cm³/mol. The van der Waals surface area contributed by atoms with Crippen molar-refractivity contribution >= 4 is 23.4 Å². The Morgan fingerprint density at radius 2 is 2.39 bits per heavy atom. The molecule has 98 valence electrons. The molecule has 1 aliphatic rings. The number of amides is 1. The van der Waals surface area contributed by atoms with Gasteiger partial charge in [-0.15, -0.1) is 0 Å². The van der Waals surface area contributed by atoms with E-state index in [9.17, 15) is 4.79 Å². The van der Waals surface area contributed by atoms with Gasteiger partial charge in [-0.25, -0.2) is 0 Å². The highest BCUT2D eigenvalue weighted by atomic mass is 32.2. The lowest BCUT2D eigenvalue weighted by molar-refractivity contribution is 0.0698. The number of nitrogen functional groups attached to an aromatic ring is 1. The number of hydrogen-bond donors (Lipinski definition) is 2. The summed E-state index contributed by atoms with van der Waals surface area (Å²) in [7, 11) is 0. The predicted octanol–water partition coefficient (Wildman–Crippen LogP) is 1.33. The van der Waals surface area contributed by atoms with E-state index in [4.69, 9.17) is 5.84 Å². The van der Waals surface area contributed by atoms with Crippen molar-refractivity contribution in [3.8, 4) is 0 Å². The maximum Gasteiger partial charge on any atom is 0.257 e. The number of nitrogens with one attached hydrogen (secondary N) is 1. The van der Waals surface area contributed by atoms with Gasteiger partial charge in [0, 0.05) is 36.0 Å². The number of hydrazine groups is 1. The Bertz CT molecular complexity index is 440. The average Bonchev–Trinajstić information content (AvgIpc) is 2.41. The number of aromatic nitrogens is 1.